The number of methoxy groups -OCH3 is 1. The van der Waals surface area contributed by atoms with Gasteiger partial charge >= 0.3 is 5.97 Å². The van der Waals surface area contributed by atoms with Gasteiger partial charge in [-0.3, -0.25) is 9.69 Å². The third-order valence-electron chi connectivity index (χ3n) is 3.19. The van der Waals surface area contributed by atoms with Gasteiger partial charge in [0.25, 0.3) is 0 Å². The van der Waals surface area contributed by atoms with Gasteiger partial charge < -0.3 is 9.84 Å². The van der Waals surface area contributed by atoms with Gasteiger partial charge in [0.1, 0.15) is 0 Å². The fourth-order valence-corrected chi connectivity index (χ4v) is 2.80. The summed E-state index contributed by atoms with van der Waals surface area (Å²) in [6.07, 6.45) is -0.607. The highest BCUT2D eigenvalue weighted by Crippen LogP contribution is 2.18. The smallest absolute Gasteiger partial charge is 0.319 e. The molecule has 0 fully saturated rings. The predicted molar refractivity (Wildman–Crippen MR) is 83.0 cm³/mol. The molecule has 1 aromatic carbocycles. The van der Waals surface area contributed by atoms with Crippen LogP contribution in [0.4, 0.5) is 0 Å². The molecule has 112 valence electrons. The Morgan fingerprint density at radius 2 is 2.10 bits per heavy atom. The highest BCUT2D eigenvalue weighted by atomic mass is 32.1. The van der Waals surface area contributed by atoms with Gasteiger partial charge in [-0.25, -0.2) is 0 Å². The molecule has 0 bridgehead atoms. The quantitative estimate of drug-likeness (QED) is 0.798. The Kier molecular flexibility index (Phi) is 5.92. The third kappa shape index (κ3) is 4.97. The van der Waals surface area contributed by atoms with Crippen molar-refractivity contribution < 1.29 is 14.6 Å². The van der Waals surface area contributed by atoms with Gasteiger partial charge in [-0.15, -0.1) is 0 Å². The van der Waals surface area contributed by atoms with E-state index in [1.165, 1.54) is 7.11 Å². The van der Waals surface area contributed by atoms with Gasteiger partial charge in [0.05, 0.1) is 19.8 Å². The summed E-state index contributed by atoms with van der Waals surface area (Å²) >= 11 is 1.55. The van der Waals surface area contributed by atoms with Gasteiger partial charge in [-0.2, -0.15) is 11.3 Å². The summed E-state index contributed by atoms with van der Waals surface area (Å²) in [7, 11) is 1.37. The molecule has 0 saturated heterocycles. The van der Waals surface area contributed by atoms with E-state index in [1.54, 1.807) is 11.3 Å². The van der Waals surface area contributed by atoms with Crippen molar-refractivity contribution in [1.29, 1.82) is 0 Å². The fraction of sp³-hybridized carbons (Fsp3) is 0.312. The van der Waals surface area contributed by atoms with E-state index < -0.39 is 6.10 Å². The number of hydrogen-bond donors (Lipinski definition) is 1. The van der Waals surface area contributed by atoms with E-state index in [1.807, 2.05) is 52.1 Å². The van der Waals surface area contributed by atoms with E-state index >= 15 is 0 Å². The first kappa shape index (κ1) is 15.7. The van der Waals surface area contributed by atoms with Crippen LogP contribution in [0.3, 0.4) is 0 Å². The van der Waals surface area contributed by atoms with Gasteiger partial charge in [-0.05, 0) is 28.0 Å². The molecule has 21 heavy (non-hydrogen) atoms. The lowest BCUT2D eigenvalue weighted by Crippen LogP contribution is -2.33. The number of ether oxygens (including phenoxy) is 1. The van der Waals surface area contributed by atoms with E-state index in [2.05, 4.69) is 0 Å². The van der Waals surface area contributed by atoms with Crippen LogP contribution in [-0.2, 0) is 16.1 Å². The fourth-order valence-electron chi connectivity index (χ4n) is 2.09. The molecule has 0 spiro atoms. The number of nitrogens with zero attached hydrogens (tertiary/aromatic N) is 1. The molecule has 0 amide bonds. The lowest BCUT2D eigenvalue weighted by molar-refractivity contribution is -0.142. The maximum absolute atomic E-state index is 11.5. The molecule has 4 nitrogen and oxygen atoms in total. The van der Waals surface area contributed by atoms with Crippen LogP contribution < -0.4 is 0 Å². The van der Waals surface area contributed by atoms with Crippen LogP contribution in [0.15, 0.2) is 47.2 Å². The zero-order chi connectivity index (χ0) is 15.1. The minimum Gasteiger partial charge on any atom is -0.468 e. The van der Waals surface area contributed by atoms with E-state index in [4.69, 9.17) is 4.74 Å². The third-order valence-corrected chi connectivity index (χ3v) is 3.89. The number of carbonyl (C=O) groups excluding carboxylic acids is 1. The molecule has 0 radical (unpaired) electrons. The van der Waals surface area contributed by atoms with Crippen LogP contribution in [-0.4, -0.2) is 36.2 Å². The average molecular weight is 305 g/mol. The van der Waals surface area contributed by atoms with Crippen molar-refractivity contribution in [1.82, 2.24) is 4.90 Å². The van der Waals surface area contributed by atoms with Gasteiger partial charge in [0, 0.05) is 13.1 Å². The van der Waals surface area contributed by atoms with Crippen molar-refractivity contribution in [2.24, 2.45) is 0 Å². The molecule has 0 aliphatic carbocycles. The Morgan fingerprint density at radius 1 is 1.33 bits per heavy atom. The van der Waals surface area contributed by atoms with Crippen molar-refractivity contribution >= 4 is 17.3 Å². The summed E-state index contributed by atoms with van der Waals surface area (Å²) in [5.74, 6) is -0.302. The SMILES string of the molecule is COC(=O)CN(Cc1ccccc1)CC(O)c1ccsc1. The van der Waals surface area contributed by atoms with Crippen molar-refractivity contribution in [2.45, 2.75) is 12.6 Å². The van der Waals surface area contributed by atoms with Crippen molar-refractivity contribution in [3.05, 3.63) is 58.3 Å². The Balaban J connectivity index is 2.03. The van der Waals surface area contributed by atoms with E-state index in [0.717, 1.165) is 11.1 Å². The van der Waals surface area contributed by atoms with Crippen LogP contribution in [0.2, 0.25) is 0 Å². The maximum atomic E-state index is 11.5. The number of thiophene rings is 1. The molecule has 1 unspecified atom stereocenters. The van der Waals surface area contributed by atoms with E-state index in [-0.39, 0.29) is 12.5 Å². The Bertz CT molecular complexity index is 542. The van der Waals surface area contributed by atoms with E-state index in [9.17, 15) is 9.90 Å². The first-order chi connectivity index (χ1) is 10.2. The lowest BCUT2D eigenvalue weighted by Gasteiger charge is -2.23. The summed E-state index contributed by atoms with van der Waals surface area (Å²) < 4.78 is 4.73. The molecule has 0 aliphatic heterocycles. The number of benzene rings is 1. The maximum Gasteiger partial charge on any atom is 0.319 e. The monoisotopic (exact) mass is 305 g/mol. The highest BCUT2D eigenvalue weighted by molar-refractivity contribution is 7.07. The Morgan fingerprint density at radius 3 is 2.71 bits per heavy atom. The zero-order valence-electron chi connectivity index (χ0n) is 11.9. The van der Waals surface area contributed by atoms with Crippen molar-refractivity contribution in [3.8, 4) is 0 Å². The molecular formula is C16H19NO3S. The first-order valence-corrected chi connectivity index (χ1v) is 7.66. The van der Waals surface area contributed by atoms with Crippen molar-refractivity contribution in [2.75, 3.05) is 20.2 Å². The summed E-state index contributed by atoms with van der Waals surface area (Å²) in [4.78, 5) is 13.4. The lowest BCUT2D eigenvalue weighted by atomic mass is 10.1. The zero-order valence-corrected chi connectivity index (χ0v) is 12.8. The van der Waals surface area contributed by atoms with Crippen molar-refractivity contribution in [3.63, 3.8) is 0 Å². The summed E-state index contributed by atoms with van der Waals surface area (Å²) in [6, 6.07) is 11.8. The second-order valence-electron chi connectivity index (χ2n) is 4.80. The average Bonchev–Trinajstić information content (AvgIpc) is 3.02. The number of aliphatic hydroxyl groups is 1. The predicted octanol–water partition coefficient (Wildman–Crippen LogP) is 2.46. The van der Waals surface area contributed by atoms with E-state index in [0.29, 0.717) is 13.1 Å². The molecule has 1 aromatic heterocycles. The summed E-state index contributed by atoms with van der Waals surface area (Å²) in [6.45, 7) is 1.14. The summed E-state index contributed by atoms with van der Waals surface area (Å²) in [5.41, 5.74) is 1.97. The van der Waals surface area contributed by atoms with Crippen LogP contribution >= 0.6 is 11.3 Å². The second kappa shape index (κ2) is 7.93. The molecular weight excluding hydrogens is 286 g/mol. The van der Waals surface area contributed by atoms with Crippen LogP contribution in [0.25, 0.3) is 0 Å². The van der Waals surface area contributed by atoms with Crippen LogP contribution in [0.1, 0.15) is 17.2 Å². The molecule has 1 heterocycles. The number of hydrogen-bond acceptors (Lipinski definition) is 5. The first-order valence-electron chi connectivity index (χ1n) is 6.72. The number of carbonyl (C=O) groups is 1. The van der Waals surface area contributed by atoms with Gasteiger partial charge in [0.15, 0.2) is 0 Å². The Labute approximate surface area is 128 Å². The van der Waals surface area contributed by atoms with Crippen LogP contribution in [0, 0.1) is 0 Å². The number of esters is 1. The molecule has 5 heteroatoms. The standard InChI is InChI=1S/C16H19NO3S/c1-20-16(19)11-17(9-13-5-3-2-4-6-13)10-15(18)14-7-8-21-12-14/h2-8,12,15,18H,9-11H2,1H3. The largest absolute Gasteiger partial charge is 0.468 e. The minimum atomic E-state index is -0.607. The molecule has 1 atom stereocenters. The van der Waals surface area contributed by atoms with Gasteiger partial charge in [0.2, 0.25) is 0 Å². The molecule has 1 N–H and O–H groups in total. The topological polar surface area (TPSA) is 49.8 Å². The molecule has 0 aliphatic rings. The number of rotatable bonds is 7. The minimum absolute atomic E-state index is 0.159. The summed E-state index contributed by atoms with van der Waals surface area (Å²) in [5, 5.41) is 14.1. The normalized spacial score (nSPS) is 12.3. The molecule has 2 aromatic rings. The molecule has 0 saturated carbocycles. The van der Waals surface area contributed by atoms with Crippen LogP contribution in [0.5, 0.6) is 0 Å². The highest BCUT2D eigenvalue weighted by Gasteiger charge is 2.17. The second-order valence-corrected chi connectivity index (χ2v) is 5.58. The van der Waals surface area contributed by atoms with Gasteiger partial charge in [-0.1, -0.05) is 30.3 Å². The molecule has 2 rings (SSSR count). The Hall–Kier alpha value is -1.69. The number of aliphatic hydroxyl groups excluding tert-OH is 1.